The molecule has 0 fully saturated rings. The van der Waals surface area contributed by atoms with Crippen molar-refractivity contribution in [1.82, 2.24) is 0 Å². The van der Waals surface area contributed by atoms with Gasteiger partial charge in [0.15, 0.2) is 0 Å². The molecule has 1 heterocycles. The molecule has 0 radical (unpaired) electrons. The van der Waals surface area contributed by atoms with E-state index in [9.17, 15) is 0 Å². The fourth-order valence-corrected chi connectivity index (χ4v) is 2.58. The van der Waals surface area contributed by atoms with Crippen LogP contribution in [0.15, 0.2) is 89.3 Å². The highest BCUT2D eigenvalue weighted by molar-refractivity contribution is 5.84. The van der Waals surface area contributed by atoms with Gasteiger partial charge in [-0.15, -0.1) is 0 Å². The van der Waals surface area contributed by atoms with E-state index in [2.05, 4.69) is 24.0 Å². The zero-order valence-corrected chi connectivity index (χ0v) is 12.5. The van der Waals surface area contributed by atoms with Crippen molar-refractivity contribution in [3.8, 4) is 23.2 Å². The number of fused-ring (bicyclic) bond motifs is 1. The smallest absolute Gasteiger partial charge is 0.136 e. The second-order valence-corrected chi connectivity index (χ2v) is 5.31. The highest BCUT2D eigenvalue weighted by Gasteiger charge is 2.08. The zero-order chi connectivity index (χ0) is 15.5. The summed E-state index contributed by atoms with van der Waals surface area (Å²) in [6.45, 7) is 0. The van der Waals surface area contributed by atoms with Crippen molar-refractivity contribution in [3.63, 3.8) is 0 Å². The van der Waals surface area contributed by atoms with E-state index in [1.165, 1.54) is 0 Å². The van der Waals surface area contributed by atoms with Crippen LogP contribution in [0.2, 0.25) is 0 Å². The van der Waals surface area contributed by atoms with Gasteiger partial charge in [0.25, 0.3) is 0 Å². The van der Waals surface area contributed by atoms with Crippen LogP contribution in [0.3, 0.4) is 0 Å². The van der Waals surface area contributed by atoms with Crippen LogP contribution >= 0.6 is 0 Å². The Balaban J connectivity index is 1.80. The lowest BCUT2D eigenvalue weighted by molar-refractivity contribution is 0.631. The maximum absolute atomic E-state index is 5.98. The second kappa shape index (κ2) is 5.87. The van der Waals surface area contributed by atoms with Gasteiger partial charge < -0.3 is 4.42 Å². The molecule has 0 bridgehead atoms. The summed E-state index contributed by atoms with van der Waals surface area (Å²) in [7, 11) is 0. The lowest BCUT2D eigenvalue weighted by Crippen LogP contribution is -1.82. The minimum Gasteiger partial charge on any atom is -0.456 e. The van der Waals surface area contributed by atoms with Crippen LogP contribution in [-0.2, 0) is 0 Å². The summed E-state index contributed by atoms with van der Waals surface area (Å²) in [5.74, 6) is 7.33. The van der Waals surface area contributed by atoms with E-state index >= 15 is 0 Å². The van der Waals surface area contributed by atoms with Gasteiger partial charge in [-0.1, -0.05) is 60.4 Å². The third-order valence-corrected chi connectivity index (χ3v) is 3.73. The quantitative estimate of drug-likeness (QED) is 0.422. The molecule has 0 saturated carbocycles. The maximum atomic E-state index is 5.98. The van der Waals surface area contributed by atoms with E-state index in [0.717, 1.165) is 33.4 Å². The highest BCUT2D eigenvalue weighted by atomic mass is 16.3. The summed E-state index contributed by atoms with van der Waals surface area (Å²) in [6.07, 6.45) is 0. The molecular weight excluding hydrogens is 280 g/mol. The fraction of sp³-hybridized carbons (Fsp3) is 0. The highest BCUT2D eigenvalue weighted by Crippen LogP contribution is 2.29. The summed E-state index contributed by atoms with van der Waals surface area (Å²) < 4.78 is 5.98. The van der Waals surface area contributed by atoms with Crippen molar-refractivity contribution in [2.45, 2.75) is 0 Å². The first-order valence-corrected chi connectivity index (χ1v) is 7.55. The maximum Gasteiger partial charge on any atom is 0.136 e. The minimum atomic E-state index is 0.851. The van der Waals surface area contributed by atoms with Gasteiger partial charge in [0.05, 0.1) is 0 Å². The molecule has 1 aromatic heterocycles. The Morgan fingerprint density at radius 2 is 1.39 bits per heavy atom. The summed E-state index contributed by atoms with van der Waals surface area (Å²) in [4.78, 5) is 0. The molecule has 0 amide bonds. The van der Waals surface area contributed by atoms with E-state index in [-0.39, 0.29) is 0 Å². The van der Waals surface area contributed by atoms with Crippen molar-refractivity contribution in [2.24, 2.45) is 0 Å². The second-order valence-electron chi connectivity index (χ2n) is 5.31. The van der Waals surface area contributed by atoms with E-state index in [4.69, 9.17) is 4.42 Å². The van der Waals surface area contributed by atoms with Crippen LogP contribution in [0.25, 0.3) is 22.3 Å². The molecule has 0 atom stereocenters. The molecule has 1 nitrogen and oxygen atoms in total. The third-order valence-electron chi connectivity index (χ3n) is 3.73. The third kappa shape index (κ3) is 2.75. The van der Waals surface area contributed by atoms with Crippen LogP contribution in [-0.4, -0.2) is 0 Å². The van der Waals surface area contributed by atoms with Gasteiger partial charge in [0.2, 0.25) is 0 Å². The Kier molecular flexibility index (Phi) is 3.42. The van der Waals surface area contributed by atoms with Gasteiger partial charge in [-0.05, 0) is 36.4 Å². The van der Waals surface area contributed by atoms with E-state index in [1.54, 1.807) is 0 Å². The SMILES string of the molecule is C(#Cc1ccccc1-c1cc2ccccc2o1)c1ccccc1. The molecule has 1 heteroatoms. The Hall–Kier alpha value is -3.24. The van der Waals surface area contributed by atoms with E-state index in [0.29, 0.717) is 0 Å². The molecule has 0 saturated heterocycles. The summed E-state index contributed by atoms with van der Waals surface area (Å²) in [5.41, 5.74) is 3.89. The number of rotatable bonds is 1. The molecule has 0 N–H and O–H groups in total. The number of hydrogen-bond acceptors (Lipinski definition) is 1. The molecule has 0 aliphatic rings. The van der Waals surface area contributed by atoms with E-state index < -0.39 is 0 Å². The molecule has 0 unspecified atom stereocenters. The lowest BCUT2D eigenvalue weighted by Gasteiger charge is -2.00. The Morgan fingerprint density at radius 1 is 0.652 bits per heavy atom. The van der Waals surface area contributed by atoms with Gasteiger partial charge in [-0.2, -0.15) is 0 Å². The van der Waals surface area contributed by atoms with Gasteiger partial charge in [-0.3, -0.25) is 0 Å². The van der Waals surface area contributed by atoms with Crippen LogP contribution in [0.1, 0.15) is 11.1 Å². The van der Waals surface area contributed by atoms with E-state index in [1.807, 2.05) is 72.8 Å². The van der Waals surface area contributed by atoms with Crippen LogP contribution in [0, 0.1) is 11.8 Å². The molecule has 4 rings (SSSR count). The molecule has 108 valence electrons. The summed E-state index contributed by atoms with van der Waals surface area (Å²) in [5, 5.41) is 1.10. The average Bonchev–Trinajstić information content (AvgIpc) is 3.05. The van der Waals surface area contributed by atoms with Crippen molar-refractivity contribution >= 4 is 11.0 Å². The molecule has 4 aromatic rings. The molecule has 0 aliphatic heterocycles. The minimum absolute atomic E-state index is 0.851. The fourth-order valence-electron chi connectivity index (χ4n) is 2.58. The van der Waals surface area contributed by atoms with Gasteiger partial charge in [0.1, 0.15) is 11.3 Å². The monoisotopic (exact) mass is 294 g/mol. The van der Waals surface area contributed by atoms with Crippen molar-refractivity contribution < 1.29 is 4.42 Å². The molecule has 3 aromatic carbocycles. The number of hydrogen-bond donors (Lipinski definition) is 0. The standard InChI is InChI=1S/C22H14O/c1-2-8-17(9-3-1)14-15-18-10-4-6-12-20(18)22-16-19-11-5-7-13-21(19)23-22/h1-13,16H. The largest absolute Gasteiger partial charge is 0.456 e. The Bertz CT molecular complexity index is 981. The van der Waals surface area contributed by atoms with Crippen molar-refractivity contribution in [3.05, 3.63) is 96.1 Å². The molecule has 0 spiro atoms. The van der Waals surface area contributed by atoms with Gasteiger partial charge in [-0.25, -0.2) is 0 Å². The Labute approximate surface area is 135 Å². The van der Waals surface area contributed by atoms with Gasteiger partial charge in [0, 0.05) is 22.1 Å². The number of benzene rings is 3. The first-order chi connectivity index (χ1) is 11.4. The molecule has 23 heavy (non-hydrogen) atoms. The lowest BCUT2D eigenvalue weighted by atomic mass is 10.0. The van der Waals surface area contributed by atoms with Crippen LogP contribution < -0.4 is 0 Å². The van der Waals surface area contributed by atoms with Crippen molar-refractivity contribution in [2.75, 3.05) is 0 Å². The van der Waals surface area contributed by atoms with Gasteiger partial charge >= 0.3 is 0 Å². The summed E-state index contributed by atoms with van der Waals surface area (Å²) in [6, 6.07) is 28.2. The molecular formula is C22H14O. The first-order valence-electron chi connectivity index (χ1n) is 7.55. The van der Waals surface area contributed by atoms with Crippen LogP contribution in [0.5, 0.6) is 0 Å². The predicted molar refractivity (Wildman–Crippen MR) is 94.1 cm³/mol. The normalized spacial score (nSPS) is 10.3. The molecule has 0 aliphatic carbocycles. The number of furan rings is 1. The summed E-state index contributed by atoms with van der Waals surface area (Å²) >= 11 is 0. The predicted octanol–water partition coefficient (Wildman–Crippen LogP) is 5.50. The Morgan fingerprint density at radius 3 is 2.26 bits per heavy atom. The average molecular weight is 294 g/mol. The van der Waals surface area contributed by atoms with Crippen LogP contribution in [0.4, 0.5) is 0 Å². The topological polar surface area (TPSA) is 13.1 Å². The van der Waals surface area contributed by atoms with Crippen molar-refractivity contribution in [1.29, 1.82) is 0 Å². The number of para-hydroxylation sites is 1. The first kappa shape index (κ1) is 13.4. The zero-order valence-electron chi connectivity index (χ0n) is 12.5.